The highest BCUT2D eigenvalue weighted by atomic mass is 16.4. The number of aliphatic hydroxyl groups excluding tert-OH is 2. The van der Waals surface area contributed by atoms with Crippen molar-refractivity contribution in [1.82, 2.24) is 0 Å². The number of Topliss-reactive ketones (excluding diaryl/α,β-unsaturated/α-hetero) is 1. The molecule has 2 aromatic rings. The van der Waals surface area contributed by atoms with Gasteiger partial charge >= 0.3 is 11.9 Å². The molecule has 146 valence electrons. The quantitative estimate of drug-likeness (QED) is 0.475. The minimum Gasteiger partial charge on any atom is -0.478 e. The molecule has 0 unspecified atom stereocenters. The van der Waals surface area contributed by atoms with Crippen molar-refractivity contribution >= 4 is 17.7 Å². The number of aromatic carboxylic acids is 1. The van der Waals surface area contributed by atoms with Gasteiger partial charge in [0.1, 0.15) is 0 Å². The third-order valence-corrected chi connectivity index (χ3v) is 3.22. The summed E-state index contributed by atoms with van der Waals surface area (Å²) in [6.07, 6.45) is 0. The third-order valence-electron chi connectivity index (χ3n) is 3.22. The Morgan fingerprint density at radius 3 is 1.56 bits per heavy atom. The number of aryl methyl sites for hydroxylation is 3. The predicted octanol–water partition coefficient (Wildman–Crippen LogP) is 2.23. The van der Waals surface area contributed by atoms with Gasteiger partial charge in [0.2, 0.25) is 0 Å². The zero-order valence-corrected chi connectivity index (χ0v) is 15.5. The number of carbonyl (C=O) groups is 3. The standard InChI is InChI=1S/C11H12O3.C7H6O2.C2H6O2/c1-6-4-7(2)9(8(3)5-6)10(12)11(13)14;8-7(9)6-4-2-1-3-5-6;3-1-2-4/h4-5H,1-3H3,(H,13,14);1-5H,(H,8,9);3-4H,1-2H2. The normalized spacial score (nSPS) is 9.22. The molecular formula is C20H24O7. The van der Waals surface area contributed by atoms with E-state index >= 15 is 0 Å². The van der Waals surface area contributed by atoms with Gasteiger partial charge in [0, 0.05) is 5.56 Å². The van der Waals surface area contributed by atoms with E-state index in [2.05, 4.69) is 0 Å². The van der Waals surface area contributed by atoms with Gasteiger partial charge in [0.05, 0.1) is 18.8 Å². The molecule has 0 saturated carbocycles. The second-order valence-corrected chi connectivity index (χ2v) is 5.53. The molecule has 2 aromatic carbocycles. The number of benzene rings is 2. The average molecular weight is 376 g/mol. The molecule has 0 aromatic heterocycles. The molecule has 7 heteroatoms. The van der Waals surface area contributed by atoms with Crippen LogP contribution in [0.2, 0.25) is 0 Å². The van der Waals surface area contributed by atoms with E-state index in [-0.39, 0.29) is 13.2 Å². The molecule has 4 N–H and O–H groups in total. The lowest BCUT2D eigenvalue weighted by molar-refractivity contribution is -0.131. The maximum atomic E-state index is 11.3. The molecule has 7 nitrogen and oxygen atoms in total. The van der Waals surface area contributed by atoms with Crippen LogP contribution in [0.15, 0.2) is 42.5 Å². The largest absolute Gasteiger partial charge is 0.478 e. The fourth-order valence-electron chi connectivity index (χ4n) is 2.23. The van der Waals surface area contributed by atoms with Crippen LogP contribution in [0.3, 0.4) is 0 Å². The smallest absolute Gasteiger partial charge is 0.377 e. The van der Waals surface area contributed by atoms with E-state index in [4.69, 9.17) is 20.4 Å². The fraction of sp³-hybridized carbons (Fsp3) is 0.250. The van der Waals surface area contributed by atoms with Crippen molar-refractivity contribution in [2.45, 2.75) is 20.8 Å². The Morgan fingerprint density at radius 2 is 1.26 bits per heavy atom. The molecule has 0 aliphatic rings. The van der Waals surface area contributed by atoms with Crippen LogP contribution in [0, 0.1) is 20.8 Å². The summed E-state index contributed by atoms with van der Waals surface area (Å²) in [6, 6.07) is 11.9. The highest BCUT2D eigenvalue weighted by molar-refractivity contribution is 6.40. The number of carbonyl (C=O) groups excluding carboxylic acids is 1. The first-order valence-corrected chi connectivity index (χ1v) is 8.01. The Balaban J connectivity index is 0.000000444. The van der Waals surface area contributed by atoms with Crippen LogP contribution in [0.1, 0.15) is 37.4 Å². The molecule has 27 heavy (non-hydrogen) atoms. The summed E-state index contributed by atoms with van der Waals surface area (Å²) >= 11 is 0. The van der Waals surface area contributed by atoms with Crippen LogP contribution < -0.4 is 0 Å². The third kappa shape index (κ3) is 8.75. The van der Waals surface area contributed by atoms with E-state index in [1.54, 1.807) is 44.2 Å². The topological polar surface area (TPSA) is 132 Å². The van der Waals surface area contributed by atoms with E-state index in [9.17, 15) is 14.4 Å². The van der Waals surface area contributed by atoms with E-state index in [1.165, 1.54) is 0 Å². The molecule has 0 saturated heterocycles. The maximum absolute atomic E-state index is 11.3. The highest BCUT2D eigenvalue weighted by Gasteiger charge is 2.19. The Labute approximate surface area is 157 Å². The number of carboxylic acids is 2. The Bertz CT molecular complexity index is 742. The van der Waals surface area contributed by atoms with Crippen molar-refractivity contribution < 1.29 is 34.8 Å². The highest BCUT2D eigenvalue weighted by Crippen LogP contribution is 2.16. The van der Waals surface area contributed by atoms with Crippen LogP contribution >= 0.6 is 0 Å². The number of aliphatic hydroxyl groups is 2. The first-order chi connectivity index (χ1) is 12.6. The number of hydrogen-bond donors (Lipinski definition) is 4. The summed E-state index contributed by atoms with van der Waals surface area (Å²) in [5, 5.41) is 32.2. The van der Waals surface area contributed by atoms with Crippen molar-refractivity contribution in [3.63, 3.8) is 0 Å². The molecule has 0 atom stereocenters. The van der Waals surface area contributed by atoms with E-state index < -0.39 is 17.7 Å². The number of aliphatic carboxylic acids is 1. The number of carboxylic acid groups (broad SMARTS) is 2. The first-order valence-electron chi connectivity index (χ1n) is 8.01. The molecule has 0 aliphatic heterocycles. The van der Waals surface area contributed by atoms with Gasteiger partial charge in [-0.2, -0.15) is 0 Å². The molecule has 0 amide bonds. The molecule has 0 fully saturated rings. The van der Waals surface area contributed by atoms with Crippen LogP contribution in [0.4, 0.5) is 0 Å². The van der Waals surface area contributed by atoms with E-state index in [0.717, 1.165) is 16.7 Å². The van der Waals surface area contributed by atoms with Gasteiger partial charge in [-0.1, -0.05) is 35.9 Å². The van der Waals surface area contributed by atoms with Crippen molar-refractivity contribution in [3.8, 4) is 0 Å². The van der Waals surface area contributed by atoms with Gasteiger partial charge in [0.15, 0.2) is 0 Å². The number of ketones is 1. The zero-order chi connectivity index (χ0) is 21.0. The van der Waals surface area contributed by atoms with Crippen LogP contribution in [0.25, 0.3) is 0 Å². The molecule has 0 spiro atoms. The maximum Gasteiger partial charge on any atom is 0.377 e. The molecule has 2 rings (SSSR count). The van der Waals surface area contributed by atoms with Gasteiger partial charge in [0.25, 0.3) is 5.78 Å². The van der Waals surface area contributed by atoms with E-state index in [1.807, 2.05) is 19.1 Å². The Hall–Kier alpha value is -3.03. The summed E-state index contributed by atoms with van der Waals surface area (Å²) in [4.78, 5) is 32.0. The number of hydrogen-bond acceptors (Lipinski definition) is 5. The van der Waals surface area contributed by atoms with Gasteiger partial charge in [-0.25, -0.2) is 9.59 Å². The van der Waals surface area contributed by atoms with Crippen LogP contribution in [-0.4, -0.2) is 51.4 Å². The summed E-state index contributed by atoms with van der Waals surface area (Å²) < 4.78 is 0. The summed E-state index contributed by atoms with van der Waals surface area (Å²) in [7, 11) is 0. The Morgan fingerprint density at radius 1 is 0.815 bits per heavy atom. The molecule has 0 radical (unpaired) electrons. The lowest BCUT2D eigenvalue weighted by Crippen LogP contribution is -2.15. The van der Waals surface area contributed by atoms with Gasteiger partial charge < -0.3 is 20.4 Å². The van der Waals surface area contributed by atoms with Crippen molar-refractivity contribution in [2.24, 2.45) is 0 Å². The first kappa shape index (κ1) is 24.0. The number of rotatable bonds is 4. The van der Waals surface area contributed by atoms with Gasteiger partial charge in [-0.05, 0) is 44.0 Å². The monoisotopic (exact) mass is 376 g/mol. The van der Waals surface area contributed by atoms with Crippen LogP contribution in [0.5, 0.6) is 0 Å². The van der Waals surface area contributed by atoms with Crippen molar-refractivity contribution in [2.75, 3.05) is 13.2 Å². The van der Waals surface area contributed by atoms with E-state index in [0.29, 0.717) is 11.1 Å². The van der Waals surface area contributed by atoms with Gasteiger partial charge in [-0.15, -0.1) is 0 Å². The second-order valence-electron chi connectivity index (χ2n) is 5.53. The summed E-state index contributed by atoms with van der Waals surface area (Å²) in [6.45, 7) is 5.15. The predicted molar refractivity (Wildman–Crippen MR) is 100 cm³/mol. The zero-order valence-electron chi connectivity index (χ0n) is 15.5. The van der Waals surface area contributed by atoms with Crippen LogP contribution in [-0.2, 0) is 4.79 Å². The summed E-state index contributed by atoms with van der Waals surface area (Å²) in [5.74, 6) is -3.12. The SMILES string of the molecule is Cc1cc(C)c(C(=O)C(=O)O)c(C)c1.O=C(O)c1ccccc1.OCCO. The average Bonchev–Trinajstić information content (AvgIpc) is 2.62. The van der Waals surface area contributed by atoms with Crippen molar-refractivity contribution in [1.29, 1.82) is 0 Å². The lowest BCUT2D eigenvalue weighted by Gasteiger charge is -2.07. The molecule has 0 bridgehead atoms. The molecule has 0 aliphatic carbocycles. The lowest BCUT2D eigenvalue weighted by atomic mass is 9.97. The second kappa shape index (κ2) is 12.3. The molecular weight excluding hydrogens is 352 g/mol. The summed E-state index contributed by atoms with van der Waals surface area (Å²) in [5.41, 5.74) is 3.10. The van der Waals surface area contributed by atoms with Crippen molar-refractivity contribution in [3.05, 3.63) is 70.3 Å². The van der Waals surface area contributed by atoms with Gasteiger partial charge in [-0.3, -0.25) is 4.79 Å². The fourth-order valence-corrected chi connectivity index (χ4v) is 2.23. The minimum absolute atomic E-state index is 0.125. The molecule has 0 heterocycles. The Kier molecular flexibility index (Phi) is 11.0. The minimum atomic E-state index is -1.40.